The predicted octanol–water partition coefficient (Wildman–Crippen LogP) is 3.87. The Morgan fingerprint density at radius 1 is 1.29 bits per heavy atom. The molecule has 2 aromatic carbocycles. The largest absolute Gasteiger partial charge is 0.394 e. The fourth-order valence-corrected chi connectivity index (χ4v) is 5.71. The second kappa shape index (κ2) is 8.33. The minimum absolute atomic E-state index is 0.00683. The molecule has 8 heteroatoms. The molecule has 2 heterocycles. The molecule has 0 radical (unpaired) electrons. The third kappa shape index (κ3) is 3.77. The molecule has 0 aromatic heterocycles. The van der Waals surface area contributed by atoms with E-state index in [2.05, 4.69) is 5.32 Å². The summed E-state index contributed by atoms with van der Waals surface area (Å²) in [5, 5.41) is 12.8. The number of thioether (sulfide) groups is 1. The second-order valence-electron chi connectivity index (χ2n) is 8.22. The minimum atomic E-state index is -1.18. The van der Waals surface area contributed by atoms with E-state index in [0.29, 0.717) is 17.2 Å². The number of ether oxygens (including phenoxy) is 1. The van der Waals surface area contributed by atoms with Crippen LogP contribution in [0.1, 0.15) is 36.2 Å². The molecule has 5 nitrogen and oxygen atoms in total. The number of fused-ring (bicyclic) bond motifs is 1. The zero-order valence-corrected chi connectivity index (χ0v) is 18.1. The number of halogens is 2. The van der Waals surface area contributed by atoms with Crippen molar-refractivity contribution in [3.63, 3.8) is 0 Å². The first-order chi connectivity index (χ1) is 14.8. The lowest BCUT2D eigenvalue weighted by Crippen LogP contribution is -2.60. The van der Waals surface area contributed by atoms with E-state index in [4.69, 9.17) is 9.73 Å². The number of hydrogen-bond acceptors (Lipinski definition) is 5. The molecule has 164 valence electrons. The highest BCUT2D eigenvalue weighted by molar-refractivity contribution is 8.14. The van der Waals surface area contributed by atoms with Crippen molar-refractivity contribution in [2.24, 2.45) is 10.4 Å². The van der Waals surface area contributed by atoms with Crippen molar-refractivity contribution in [2.75, 3.05) is 13.2 Å². The average Bonchev–Trinajstić information content (AvgIpc) is 2.75. The molecular weight excluding hydrogens is 422 g/mol. The summed E-state index contributed by atoms with van der Waals surface area (Å²) in [7, 11) is 0. The molecule has 2 aromatic rings. The topological polar surface area (TPSA) is 70.9 Å². The molecule has 1 saturated heterocycles. The van der Waals surface area contributed by atoms with E-state index in [1.165, 1.54) is 23.9 Å². The Morgan fingerprint density at radius 2 is 2.03 bits per heavy atom. The van der Waals surface area contributed by atoms with E-state index < -0.39 is 28.7 Å². The van der Waals surface area contributed by atoms with Crippen LogP contribution in [0.3, 0.4) is 0 Å². The van der Waals surface area contributed by atoms with Gasteiger partial charge in [-0.25, -0.2) is 13.8 Å². The predicted molar refractivity (Wildman–Crippen MR) is 116 cm³/mol. The number of benzene rings is 2. The van der Waals surface area contributed by atoms with Crippen molar-refractivity contribution >= 4 is 22.8 Å². The molecule has 1 fully saturated rings. The number of amidine groups is 1. The number of amides is 1. The summed E-state index contributed by atoms with van der Waals surface area (Å²) < 4.78 is 34.5. The lowest BCUT2D eigenvalue weighted by molar-refractivity contribution is -0.118. The summed E-state index contributed by atoms with van der Waals surface area (Å²) >= 11 is 1.39. The highest BCUT2D eigenvalue weighted by atomic mass is 32.2. The Hall–Kier alpha value is -2.29. The third-order valence-corrected chi connectivity index (χ3v) is 7.73. The van der Waals surface area contributed by atoms with Crippen LogP contribution in [-0.4, -0.2) is 40.7 Å². The normalized spacial score (nSPS) is 30.3. The summed E-state index contributed by atoms with van der Waals surface area (Å²) in [6.07, 6.45) is 0.0399. The molecule has 0 saturated carbocycles. The Balaban J connectivity index is 1.80. The number of hydrogen-bond donors (Lipinski definition) is 2. The van der Waals surface area contributed by atoms with Crippen LogP contribution in [0.4, 0.5) is 8.78 Å². The quantitative estimate of drug-likeness (QED) is 0.751. The molecule has 4 rings (SSSR count). The van der Waals surface area contributed by atoms with Crippen LogP contribution >= 0.6 is 11.8 Å². The number of nitrogens with one attached hydrogen (secondary N) is 1. The number of rotatable bonds is 3. The van der Waals surface area contributed by atoms with Crippen LogP contribution in [0, 0.1) is 17.0 Å². The number of carbonyl (C=O) groups is 1. The number of aliphatic hydroxyl groups is 1. The van der Waals surface area contributed by atoms with E-state index in [0.717, 1.165) is 6.07 Å². The van der Waals surface area contributed by atoms with Gasteiger partial charge in [0.1, 0.15) is 17.2 Å². The zero-order chi connectivity index (χ0) is 22.2. The first-order valence-electron chi connectivity index (χ1n) is 10.1. The van der Waals surface area contributed by atoms with Crippen molar-refractivity contribution in [1.29, 1.82) is 0 Å². The van der Waals surface area contributed by atoms with Gasteiger partial charge in [0.25, 0.3) is 5.91 Å². The van der Waals surface area contributed by atoms with Gasteiger partial charge in [-0.15, -0.1) is 0 Å². The molecule has 0 bridgehead atoms. The molecule has 1 amide bonds. The minimum Gasteiger partial charge on any atom is -0.394 e. The summed E-state index contributed by atoms with van der Waals surface area (Å²) in [5.41, 5.74) is -1.09. The van der Waals surface area contributed by atoms with Gasteiger partial charge in [-0.2, -0.15) is 0 Å². The molecule has 2 aliphatic heterocycles. The van der Waals surface area contributed by atoms with Crippen molar-refractivity contribution in [3.8, 4) is 0 Å². The van der Waals surface area contributed by atoms with E-state index >= 15 is 4.39 Å². The first kappa shape index (κ1) is 21.9. The van der Waals surface area contributed by atoms with Crippen LogP contribution in [0.15, 0.2) is 53.5 Å². The van der Waals surface area contributed by atoms with Crippen molar-refractivity contribution in [1.82, 2.24) is 5.32 Å². The summed E-state index contributed by atoms with van der Waals surface area (Å²) in [6, 6.07) is 12.2. The Morgan fingerprint density at radius 3 is 2.71 bits per heavy atom. The molecule has 31 heavy (non-hydrogen) atoms. The maximum Gasteiger partial charge on any atom is 0.257 e. The molecular formula is C23H24F2N2O3S. The van der Waals surface area contributed by atoms with Crippen molar-refractivity contribution < 1.29 is 23.4 Å². The molecule has 4 atom stereocenters. The SMILES string of the molecule is C[C@H]1SC(NC(=O)c2ccccc2)=N[C@@]2(c3ccc(F)cc3F)CO[C@@H](CO)C[C@@]12C. The first-order valence-corrected chi connectivity index (χ1v) is 11.0. The standard InChI is InChI=1S/C23H24F2N2O3S/c1-14-22(2)11-17(12-28)30-13-23(22,18-9-8-16(24)10-19(18)25)27-21(31-14)26-20(29)15-6-4-3-5-7-15/h3-10,14,17,28H,11-13H2,1-2H3,(H,26,27,29)/t14-,17-,22+,23-/m1/s1. The van der Waals surface area contributed by atoms with Crippen LogP contribution < -0.4 is 5.32 Å². The lowest BCUT2D eigenvalue weighted by Gasteiger charge is -2.56. The number of aliphatic hydroxyl groups excluding tert-OH is 1. The maximum atomic E-state index is 15.0. The van der Waals surface area contributed by atoms with Gasteiger partial charge in [-0.3, -0.25) is 4.79 Å². The Bertz CT molecular complexity index is 1020. The van der Waals surface area contributed by atoms with Crippen LogP contribution in [0.2, 0.25) is 0 Å². The monoisotopic (exact) mass is 446 g/mol. The molecule has 2 aliphatic rings. The molecule has 0 unspecified atom stereocenters. The molecule has 0 spiro atoms. The molecule has 0 aliphatic carbocycles. The maximum absolute atomic E-state index is 15.0. The van der Waals surface area contributed by atoms with Gasteiger partial charge in [0.2, 0.25) is 0 Å². The van der Waals surface area contributed by atoms with Gasteiger partial charge in [0.15, 0.2) is 5.17 Å². The molecule has 2 N–H and O–H groups in total. The highest BCUT2D eigenvalue weighted by Crippen LogP contribution is 2.58. The van der Waals surface area contributed by atoms with Gasteiger partial charge < -0.3 is 15.2 Å². The van der Waals surface area contributed by atoms with E-state index in [1.54, 1.807) is 24.3 Å². The lowest BCUT2D eigenvalue weighted by atomic mass is 9.61. The van der Waals surface area contributed by atoms with Gasteiger partial charge in [0, 0.05) is 27.9 Å². The zero-order valence-electron chi connectivity index (χ0n) is 17.3. The summed E-state index contributed by atoms with van der Waals surface area (Å²) in [5.74, 6) is -1.71. The van der Waals surface area contributed by atoms with E-state index in [-0.39, 0.29) is 29.9 Å². The van der Waals surface area contributed by atoms with Gasteiger partial charge >= 0.3 is 0 Å². The van der Waals surface area contributed by atoms with Crippen LogP contribution in [0.25, 0.3) is 0 Å². The summed E-state index contributed by atoms with van der Waals surface area (Å²) in [4.78, 5) is 17.5. The fraction of sp³-hybridized carbons (Fsp3) is 0.391. The summed E-state index contributed by atoms with van der Waals surface area (Å²) in [6.45, 7) is 3.82. The highest BCUT2D eigenvalue weighted by Gasteiger charge is 2.60. The third-order valence-electron chi connectivity index (χ3n) is 6.44. The second-order valence-corrected chi connectivity index (χ2v) is 9.55. The van der Waals surface area contributed by atoms with Crippen molar-refractivity contribution in [2.45, 2.75) is 37.2 Å². The van der Waals surface area contributed by atoms with Crippen molar-refractivity contribution in [3.05, 3.63) is 71.3 Å². The van der Waals surface area contributed by atoms with Gasteiger partial charge in [-0.1, -0.05) is 49.9 Å². The smallest absolute Gasteiger partial charge is 0.257 e. The van der Waals surface area contributed by atoms with Gasteiger partial charge in [0.05, 0.1) is 19.3 Å². The number of nitrogens with zero attached hydrogens (tertiary/aromatic N) is 1. The Kier molecular flexibility index (Phi) is 5.89. The van der Waals surface area contributed by atoms with E-state index in [9.17, 15) is 14.3 Å². The average molecular weight is 447 g/mol. The fourth-order valence-electron chi connectivity index (χ4n) is 4.47. The Labute approximate surface area is 183 Å². The van der Waals surface area contributed by atoms with Crippen LogP contribution in [0.5, 0.6) is 0 Å². The van der Waals surface area contributed by atoms with Gasteiger partial charge in [-0.05, 0) is 24.6 Å². The number of carbonyl (C=O) groups excluding carboxylic acids is 1. The van der Waals surface area contributed by atoms with E-state index in [1.807, 2.05) is 19.9 Å². The number of aliphatic imine (C=N–C) groups is 1. The van der Waals surface area contributed by atoms with Crippen LogP contribution in [-0.2, 0) is 10.3 Å².